The Labute approximate surface area is 131 Å². The van der Waals surface area contributed by atoms with Gasteiger partial charge in [-0.15, -0.1) is 0 Å². The summed E-state index contributed by atoms with van der Waals surface area (Å²) in [4.78, 5) is 35.9. The second-order valence-corrected chi connectivity index (χ2v) is 5.01. The molecule has 8 nitrogen and oxygen atoms in total. The minimum absolute atomic E-state index is 0.102. The number of aromatic nitrogens is 3. The summed E-state index contributed by atoms with van der Waals surface area (Å²) in [6.45, 7) is 0.800. The predicted molar refractivity (Wildman–Crippen MR) is 78.7 cm³/mol. The van der Waals surface area contributed by atoms with Gasteiger partial charge in [0, 0.05) is 31.6 Å². The number of pyridine rings is 1. The molecule has 0 bridgehead atoms. The molecule has 3 heterocycles. The first-order valence-corrected chi connectivity index (χ1v) is 7.04. The number of amides is 1. The van der Waals surface area contributed by atoms with E-state index in [9.17, 15) is 9.59 Å². The number of aromatic amines is 1. The average molecular weight is 311 g/mol. The summed E-state index contributed by atoms with van der Waals surface area (Å²) in [7, 11) is 0. The highest BCUT2D eigenvalue weighted by molar-refractivity contribution is 5.94. The smallest absolute Gasteiger partial charge is 0.260 e. The number of carbonyl (C=O) groups is 1. The Hall–Kier alpha value is -3.21. The highest BCUT2D eigenvalue weighted by atomic mass is 16.5. The van der Waals surface area contributed by atoms with Gasteiger partial charge in [-0.05, 0) is 12.1 Å². The largest absolute Gasteiger partial charge is 0.470 e. The number of nitrogens with zero attached hydrogens (tertiary/aromatic N) is 4. The van der Waals surface area contributed by atoms with Crippen LogP contribution in [0.4, 0.5) is 0 Å². The van der Waals surface area contributed by atoms with Crippen molar-refractivity contribution in [3.8, 4) is 11.9 Å². The lowest BCUT2D eigenvalue weighted by molar-refractivity contribution is 0.0769. The van der Waals surface area contributed by atoms with Gasteiger partial charge in [-0.25, -0.2) is 9.97 Å². The van der Waals surface area contributed by atoms with Crippen LogP contribution in [-0.4, -0.2) is 45.0 Å². The number of hydrogen-bond donors (Lipinski definition) is 1. The summed E-state index contributed by atoms with van der Waals surface area (Å²) >= 11 is 0. The third-order valence-electron chi connectivity index (χ3n) is 3.53. The molecular weight excluding hydrogens is 298 g/mol. The fourth-order valence-corrected chi connectivity index (χ4v) is 2.42. The average Bonchev–Trinajstić information content (AvgIpc) is 3.04. The van der Waals surface area contributed by atoms with Gasteiger partial charge in [-0.3, -0.25) is 9.59 Å². The lowest BCUT2D eigenvalue weighted by atomic mass is 10.2. The van der Waals surface area contributed by atoms with Gasteiger partial charge < -0.3 is 14.6 Å². The third kappa shape index (κ3) is 3.03. The molecule has 1 amide bonds. The molecule has 1 aliphatic rings. The van der Waals surface area contributed by atoms with Crippen molar-refractivity contribution in [3.63, 3.8) is 0 Å². The van der Waals surface area contributed by atoms with Crippen molar-refractivity contribution in [1.82, 2.24) is 19.9 Å². The lowest BCUT2D eigenvalue weighted by Crippen LogP contribution is -2.34. The number of nitrogens with one attached hydrogen (secondary N) is 1. The fraction of sp³-hybridized carbons (Fsp3) is 0.267. The Morgan fingerprint density at radius 3 is 3.04 bits per heavy atom. The maximum absolute atomic E-state index is 12.4. The standard InChI is InChI=1S/C15H13N5O3/c16-8-12-14(19-6-5-17-12)23-10-3-7-20(9-10)15(22)11-2-1-4-18-13(11)21/h1-2,4-6,10H,3,7,9H2,(H,18,21). The van der Waals surface area contributed by atoms with E-state index in [0.717, 1.165) is 0 Å². The predicted octanol–water partition coefficient (Wildman–Crippen LogP) is 0.330. The Balaban J connectivity index is 1.70. The normalized spacial score (nSPS) is 16.8. The molecule has 1 saturated heterocycles. The van der Waals surface area contributed by atoms with Gasteiger partial charge in [-0.2, -0.15) is 5.26 Å². The molecule has 0 saturated carbocycles. The van der Waals surface area contributed by atoms with Crippen molar-refractivity contribution in [2.45, 2.75) is 12.5 Å². The van der Waals surface area contributed by atoms with Crippen LogP contribution in [0.1, 0.15) is 22.5 Å². The molecule has 1 fully saturated rings. The molecule has 23 heavy (non-hydrogen) atoms. The molecule has 2 aromatic rings. The molecule has 1 aliphatic heterocycles. The van der Waals surface area contributed by atoms with Crippen LogP contribution < -0.4 is 10.3 Å². The molecule has 1 atom stereocenters. The van der Waals surface area contributed by atoms with Crippen molar-refractivity contribution in [2.24, 2.45) is 0 Å². The second kappa shape index (κ2) is 6.27. The summed E-state index contributed by atoms with van der Waals surface area (Å²) in [5.41, 5.74) is -0.204. The third-order valence-corrected chi connectivity index (χ3v) is 3.53. The van der Waals surface area contributed by atoms with Crippen LogP contribution in [0.15, 0.2) is 35.5 Å². The van der Waals surface area contributed by atoms with Crippen LogP contribution in [0, 0.1) is 11.3 Å². The van der Waals surface area contributed by atoms with Crippen LogP contribution in [0.5, 0.6) is 5.88 Å². The zero-order valence-electron chi connectivity index (χ0n) is 12.1. The number of rotatable bonds is 3. The van der Waals surface area contributed by atoms with Crippen molar-refractivity contribution < 1.29 is 9.53 Å². The minimum atomic E-state index is -0.414. The molecule has 0 aromatic carbocycles. The topological polar surface area (TPSA) is 112 Å². The summed E-state index contributed by atoms with van der Waals surface area (Å²) in [6, 6.07) is 5.01. The molecule has 3 rings (SSSR count). The molecule has 1 N–H and O–H groups in total. The SMILES string of the molecule is N#Cc1nccnc1OC1CCN(C(=O)c2ccc[nH]c2=O)C1. The van der Waals surface area contributed by atoms with Gasteiger partial charge >= 0.3 is 0 Å². The molecule has 2 aromatic heterocycles. The van der Waals surface area contributed by atoms with Gasteiger partial charge in [-0.1, -0.05) is 0 Å². The minimum Gasteiger partial charge on any atom is -0.470 e. The number of nitriles is 1. The highest BCUT2D eigenvalue weighted by Gasteiger charge is 2.30. The van der Waals surface area contributed by atoms with Crippen molar-refractivity contribution in [2.75, 3.05) is 13.1 Å². The monoisotopic (exact) mass is 311 g/mol. The van der Waals surface area contributed by atoms with E-state index in [1.165, 1.54) is 24.7 Å². The van der Waals surface area contributed by atoms with Crippen LogP contribution >= 0.6 is 0 Å². The molecule has 1 unspecified atom stereocenters. The molecule has 116 valence electrons. The van der Waals surface area contributed by atoms with E-state index in [-0.39, 0.29) is 29.1 Å². The number of ether oxygens (including phenoxy) is 1. The zero-order valence-corrected chi connectivity index (χ0v) is 12.1. The van der Waals surface area contributed by atoms with E-state index in [1.807, 2.05) is 6.07 Å². The Morgan fingerprint density at radius 1 is 1.43 bits per heavy atom. The van der Waals surface area contributed by atoms with Gasteiger partial charge in [0.15, 0.2) is 0 Å². The van der Waals surface area contributed by atoms with E-state index in [1.54, 1.807) is 11.0 Å². The number of hydrogen-bond acceptors (Lipinski definition) is 6. The van der Waals surface area contributed by atoms with Crippen molar-refractivity contribution >= 4 is 5.91 Å². The summed E-state index contributed by atoms with van der Waals surface area (Å²) in [6.07, 6.45) is 4.64. The number of H-pyrrole nitrogens is 1. The number of carbonyl (C=O) groups excluding carboxylic acids is 1. The van der Waals surface area contributed by atoms with E-state index in [0.29, 0.717) is 19.5 Å². The van der Waals surface area contributed by atoms with Gasteiger partial charge in [0.25, 0.3) is 17.3 Å². The Kier molecular flexibility index (Phi) is 4.01. The van der Waals surface area contributed by atoms with Gasteiger partial charge in [0.1, 0.15) is 17.7 Å². The van der Waals surface area contributed by atoms with Crippen LogP contribution in [-0.2, 0) is 0 Å². The number of likely N-dealkylation sites (tertiary alicyclic amines) is 1. The molecule has 0 radical (unpaired) electrons. The van der Waals surface area contributed by atoms with Crippen LogP contribution in [0.3, 0.4) is 0 Å². The first kappa shape index (κ1) is 14.7. The summed E-state index contributed by atoms with van der Waals surface area (Å²) < 4.78 is 5.67. The van der Waals surface area contributed by atoms with E-state index in [2.05, 4.69) is 15.0 Å². The maximum atomic E-state index is 12.4. The summed E-state index contributed by atoms with van der Waals surface area (Å²) in [5.74, 6) is -0.176. The van der Waals surface area contributed by atoms with Gasteiger partial charge in [0.05, 0.1) is 6.54 Å². The van der Waals surface area contributed by atoms with E-state index >= 15 is 0 Å². The molecule has 8 heteroatoms. The van der Waals surface area contributed by atoms with Crippen LogP contribution in [0.2, 0.25) is 0 Å². The van der Waals surface area contributed by atoms with Crippen LogP contribution in [0.25, 0.3) is 0 Å². The lowest BCUT2D eigenvalue weighted by Gasteiger charge is -2.16. The zero-order chi connectivity index (χ0) is 16.2. The Bertz CT molecular complexity index is 826. The Morgan fingerprint density at radius 2 is 2.26 bits per heavy atom. The fourth-order valence-electron chi connectivity index (χ4n) is 2.42. The van der Waals surface area contributed by atoms with Crippen molar-refractivity contribution in [3.05, 3.63) is 52.3 Å². The molecule has 0 aliphatic carbocycles. The second-order valence-electron chi connectivity index (χ2n) is 5.01. The summed E-state index contributed by atoms with van der Waals surface area (Å²) in [5, 5.41) is 8.98. The van der Waals surface area contributed by atoms with E-state index < -0.39 is 5.56 Å². The quantitative estimate of drug-likeness (QED) is 0.874. The first-order valence-electron chi connectivity index (χ1n) is 7.04. The highest BCUT2D eigenvalue weighted by Crippen LogP contribution is 2.19. The van der Waals surface area contributed by atoms with Gasteiger partial charge in [0.2, 0.25) is 5.69 Å². The first-order chi connectivity index (χ1) is 11.2. The maximum Gasteiger partial charge on any atom is 0.260 e. The molecule has 0 spiro atoms. The van der Waals surface area contributed by atoms with E-state index in [4.69, 9.17) is 10.00 Å². The van der Waals surface area contributed by atoms with Crippen molar-refractivity contribution in [1.29, 1.82) is 5.26 Å². The molecular formula is C15H13N5O3.